The van der Waals surface area contributed by atoms with E-state index in [0.717, 1.165) is 0 Å². The Kier molecular flexibility index (Phi) is 4.14. The zero-order chi connectivity index (χ0) is 10.4. The van der Waals surface area contributed by atoms with Crippen LogP contribution in [0.4, 0.5) is 17.8 Å². The molecule has 0 radical (unpaired) electrons. The van der Waals surface area contributed by atoms with Gasteiger partial charge in [-0.15, -0.1) is 0 Å². The van der Waals surface area contributed by atoms with E-state index in [1.165, 1.54) is 13.8 Å². The first-order valence-electron chi connectivity index (χ1n) is 3.41. The molecule has 0 saturated heterocycles. The molecule has 0 aliphatic heterocycles. The molecule has 0 aliphatic rings. The standard InChI is InChI=1S/C3H6N6.C3H6O/c4-1-7-2(5)9-3(6)8-1;1-3(2)4/h(H6,4,5,6,7,8,9);1-2H3. The van der Waals surface area contributed by atoms with Gasteiger partial charge < -0.3 is 22.0 Å². The number of carbonyl (C=O) groups is 1. The first-order chi connectivity index (χ1) is 5.91. The highest BCUT2D eigenvalue weighted by Crippen LogP contribution is 1.97. The Labute approximate surface area is 75.4 Å². The van der Waals surface area contributed by atoms with Crippen molar-refractivity contribution in [1.82, 2.24) is 15.0 Å². The molecule has 0 saturated carbocycles. The highest BCUT2D eigenvalue weighted by atomic mass is 16.1. The number of ketones is 1. The van der Waals surface area contributed by atoms with Crippen LogP contribution < -0.4 is 17.2 Å². The number of Topliss-reactive ketones (excluding diaryl/α,β-unsaturated/α-hetero) is 1. The van der Waals surface area contributed by atoms with E-state index in [1.54, 1.807) is 0 Å². The number of carbonyl (C=O) groups excluding carboxylic acids is 1. The third-order valence-corrected chi connectivity index (χ3v) is 0.687. The minimum atomic E-state index is 0.0417. The summed E-state index contributed by atoms with van der Waals surface area (Å²) in [6.45, 7) is 3.06. The van der Waals surface area contributed by atoms with Crippen LogP contribution >= 0.6 is 0 Å². The molecule has 13 heavy (non-hydrogen) atoms. The van der Waals surface area contributed by atoms with Gasteiger partial charge in [-0.1, -0.05) is 0 Å². The number of nitrogen functional groups attached to an aromatic ring is 3. The van der Waals surface area contributed by atoms with E-state index in [2.05, 4.69) is 15.0 Å². The van der Waals surface area contributed by atoms with E-state index < -0.39 is 0 Å². The molecule has 1 aromatic heterocycles. The molecule has 0 unspecified atom stereocenters. The molecule has 0 spiro atoms. The van der Waals surface area contributed by atoms with Crippen molar-refractivity contribution >= 4 is 23.6 Å². The molecule has 72 valence electrons. The van der Waals surface area contributed by atoms with Gasteiger partial charge in [-0.05, 0) is 13.8 Å². The second-order valence-electron chi connectivity index (χ2n) is 2.32. The lowest BCUT2D eigenvalue weighted by molar-refractivity contribution is -0.114. The van der Waals surface area contributed by atoms with Gasteiger partial charge in [0.05, 0.1) is 0 Å². The Morgan fingerprint density at radius 2 is 1.08 bits per heavy atom. The van der Waals surface area contributed by atoms with Crippen LogP contribution in [0.15, 0.2) is 0 Å². The molecule has 0 aliphatic carbocycles. The number of rotatable bonds is 0. The van der Waals surface area contributed by atoms with E-state index in [1.807, 2.05) is 0 Å². The first-order valence-corrected chi connectivity index (χ1v) is 3.41. The largest absolute Gasteiger partial charge is 0.368 e. The molecule has 7 nitrogen and oxygen atoms in total. The average molecular weight is 184 g/mol. The van der Waals surface area contributed by atoms with Crippen molar-refractivity contribution in [2.45, 2.75) is 13.8 Å². The van der Waals surface area contributed by atoms with E-state index in [4.69, 9.17) is 17.2 Å². The highest BCUT2D eigenvalue weighted by molar-refractivity contribution is 5.72. The van der Waals surface area contributed by atoms with E-state index >= 15 is 0 Å². The molecule has 0 amide bonds. The Bertz CT molecular complexity index is 245. The fourth-order valence-electron chi connectivity index (χ4n) is 0.427. The van der Waals surface area contributed by atoms with Crippen LogP contribution in [0.3, 0.4) is 0 Å². The summed E-state index contributed by atoms with van der Waals surface area (Å²) in [5.41, 5.74) is 15.4. The molecule has 1 rings (SSSR count). The molecule has 0 aromatic carbocycles. The normalized spacial score (nSPS) is 8.46. The third-order valence-electron chi connectivity index (χ3n) is 0.687. The first kappa shape index (κ1) is 11.1. The zero-order valence-electron chi connectivity index (χ0n) is 7.48. The summed E-state index contributed by atoms with van der Waals surface area (Å²) in [6, 6.07) is 0. The molecule has 0 atom stereocenters. The van der Waals surface area contributed by atoms with Crippen LogP contribution in [-0.2, 0) is 4.79 Å². The number of nitrogens with two attached hydrogens (primary N) is 3. The van der Waals surface area contributed by atoms with E-state index in [0.29, 0.717) is 0 Å². The maximum atomic E-state index is 9.44. The van der Waals surface area contributed by atoms with Crippen molar-refractivity contribution in [3.63, 3.8) is 0 Å². The number of hydrogen-bond acceptors (Lipinski definition) is 7. The van der Waals surface area contributed by atoms with Crippen molar-refractivity contribution in [1.29, 1.82) is 0 Å². The summed E-state index contributed by atoms with van der Waals surface area (Å²) in [4.78, 5) is 19.9. The summed E-state index contributed by atoms with van der Waals surface area (Å²) in [5.74, 6) is 0.292. The maximum absolute atomic E-state index is 9.44. The molecule has 6 N–H and O–H groups in total. The Morgan fingerprint density at radius 3 is 1.23 bits per heavy atom. The van der Waals surface area contributed by atoms with Gasteiger partial charge in [-0.2, -0.15) is 15.0 Å². The van der Waals surface area contributed by atoms with E-state index in [-0.39, 0.29) is 23.6 Å². The SMILES string of the molecule is CC(C)=O.Nc1nc(N)nc(N)n1. The summed E-state index contributed by atoms with van der Waals surface area (Å²) in [6.07, 6.45) is 0. The van der Waals surface area contributed by atoms with Gasteiger partial charge in [0.15, 0.2) is 0 Å². The van der Waals surface area contributed by atoms with Crippen LogP contribution in [0.2, 0.25) is 0 Å². The van der Waals surface area contributed by atoms with Crippen LogP contribution in [0.25, 0.3) is 0 Å². The molecule has 0 fully saturated rings. The predicted octanol–water partition coefficient (Wildman–Crippen LogP) is -0.786. The Hall–Kier alpha value is -1.92. The van der Waals surface area contributed by atoms with Gasteiger partial charge in [0, 0.05) is 0 Å². The third kappa shape index (κ3) is 6.48. The lowest BCUT2D eigenvalue weighted by Crippen LogP contribution is -2.05. The van der Waals surface area contributed by atoms with Gasteiger partial charge in [0.25, 0.3) is 0 Å². The molecular formula is C6H12N6O. The highest BCUT2D eigenvalue weighted by Gasteiger charge is 1.93. The second kappa shape index (κ2) is 4.86. The smallest absolute Gasteiger partial charge is 0.226 e. The quantitative estimate of drug-likeness (QED) is 0.481. The monoisotopic (exact) mass is 184 g/mol. The summed E-state index contributed by atoms with van der Waals surface area (Å²) >= 11 is 0. The topological polar surface area (TPSA) is 134 Å². The van der Waals surface area contributed by atoms with Gasteiger partial charge in [0.2, 0.25) is 17.8 Å². The van der Waals surface area contributed by atoms with Crippen molar-refractivity contribution in [3.8, 4) is 0 Å². The lowest BCUT2D eigenvalue weighted by atomic mass is 10.6. The van der Waals surface area contributed by atoms with Crippen molar-refractivity contribution in [2.75, 3.05) is 17.2 Å². The average Bonchev–Trinajstić information content (AvgIpc) is 1.80. The molecule has 1 aromatic rings. The zero-order valence-corrected chi connectivity index (χ0v) is 7.48. The molecule has 7 heteroatoms. The molecule has 0 bridgehead atoms. The van der Waals surface area contributed by atoms with Gasteiger partial charge in [-0.3, -0.25) is 0 Å². The number of anilines is 3. The molecule has 1 heterocycles. The number of hydrogen-bond donors (Lipinski definition) is 3. The Morgan fingerprint density at radius 1 is 0.923 bits per heavy atom. The van der Waals surface area contributed by atoms with Crippen molar-refractivity contribution in [3.05, 3.63) is 0 Å². The second-order valence-corrected chi connectivity index (χ2v) is 2.32. The van der Waals surface area contributed by atoms with Crippen LogP contribution in [-0.4, -0.2) is 20.7 Å². The minimum Gasteiger partial charge on any atom is -0.368 e. The maximum Gasteiger partial charge on any atom is 0.226 e. The van der Waals surface area contributed by atoms with Gasteiger partial charge >= 0.3 is 0 Å². The fraction of sp³-hybridized carbons (Fsp3) is 0.333. The Balaban J connectivity index is 0.000000310. The van der Waals surface area contributed by atoms with E-state index in [9.17, 15) is 4.79 Å². The van der Waals surface area contributed by atoms with Crippen molar-refractivity contribution < 1.29 is 4.79 Å². The number of nitrogens with zero attached hydrogens (tertiary/aromatic N) is 3. The fourth-order valence-corrected chi connectivity index (χ4v) is 0.427. The van der Waals surface area contributed by atoms with Gasteiger partial charge in [0.1, 0.15) is 5.78 Å². The van der Waals surface area contributed by atoms with Crippen LogP contribution in [0.1, 0.15) is 13.8 Å². The van der Waals surface area contributed by atoms with Crippen molar-refractivity contribution in [2.24, 2.45) is 0 Å². The summed E-state index contributed by atoms with van der Waals surface area (Å²) in [5, 5.41) is 0. The summed E-state index contributed by atoms with van der Waals surface area (Å²) in [7, 11) is 0. The number of aromatic nitrogens is 3. The van der Waals surface area contributed by atoms with Crippen LogP contribution in [0, 0.1) is 0 Å². The molecular weight excluding hydrogens is 172 g/mol. The minimum absolute atomic E-state index is 0.0417. The predicted molar refractivity (Wildman–Crippen MR) is 49.4 cm³/mol. The summed E-state index contributed by atoms with van der Waals surface area (Å²) < 4.78 is 0. The lowest BCUT2D eigenvalue weighted by Gasteiger charge is -1.93. The van der Waals surface area contributed by atoms with Gasteiger partial charge in [-0.25, -0.2) is 0 Å². The van der Waals surface area contributed by atoms with Crippen LogP contribution in [0.5, 0.6) is 0 Å².